The van der Waals surface area contributed by atoms with E-state index in [2.05, 4.69) is 11.9 Å². The highest BCUT2D eigenvalue weighted by Gasteiger charge is 2.21. The van der Waals surface area contributed by atoms with Gasteiger partial charge in [0, 0.05) is 20.1 Å². The molecule has 1 heterocycles. The highest BCUT2D eigenvalue weighted by atomic mass is 16.3. The summed E-state index contributed by atoms with van der Waals surface area (Å²) < 4.78 is 0. The Hall–Kier alpha value is -0.610. The minimum absolute atomic E-state index is 0.186. The summed E-state index contributed by atoms with van der Waals surface area (Å²) in [6, 6.07) is 0. The van der Waals surface area contributed by atoms with Crippen molar-refractivity contribution in [1.82, 2.24) is 9.80 Å². The zero-order valence-electron chi connectivity index (χ0n) is 8.36. The lowest BCUT2D eigenvalue weighted by molar-refractivity contribution is -0.133. The number of hydrogen-bond donors (Lipinski definition) is 1. The molecule has 1 atom stereocenters. The van der Waals surface area contributed by atoms with Crippen LogP contribution >= 0.6 is 0 Å². The van der Waals surface area contributed by atoms with Crippen molar-refractivity contribution in [3.63, 3.8) is 0 Å². The summed E-state index contributed by atoms with van der Waals surface area (Å²) in [5.74, 6) is 0.389. The van der Waals surface area contributed by atoms with Gasteiger partial charge < -0.3 is 14.9 Å². The van der Waals surface area contributed by atoms with Gasteiger partial charge in [0.15, 0.2) is 0 Å². The van der Waals surface area contributed by atoms with Gasteiger partial charge in [0.25, 0.3) is 0 Å². The van der Waals surface area contributed by atoms with Crippen molar-refractivity contribution in [2.75, 3.05) is 40.3 Å². The maximum absolute atomic E-state index is 11.0. The van der Waals surface area contributed by atoms with Crippen molar-refractivity contribution in [3.8, 4) is 0 Å². The van der Waals surface area contributed by atoms with E-state index in [1.54, 1.807) is 11.9 Å². The normalized spacial score (nSPS) is 23.5. The first-order valence-electron chi connectivity index (χ1n) is 4.67. The number of likely N-dealkylation sites (N-methyl/N-ethyl adjacent to an activating group) is 1. The molecule has 1 unspecified atom stereocenters. The molecule has 0 aromatic carbocycles. The minimum atomic E-state index is -0.376. The van der Waals surface area contributed by atoms with Gasteiger partial charge >= 0.3 is 0 Å². The molecule has 0 aromatic rings. The predicted molar refractivity (Wildman–Crippen MR) is 50.3 cm³/mol. The van der Waals surface area contributed by atoms with Crippen LogP contribution in [0.25, 0.3) is 0 Å². The van der Waals surface area contributed by atoms with Crippen LogP contribution in [-0.4, -0.2) is 61.2 Å². The molecule has 1 saturated heterocycles. The molecule has 0 bridgehead atoms. The second kappa shape index (κ2) is 4.58. The lowest BCUT2D eigenvalue weighted by atomic mass is 10.1. The van der Waals surface area contributed by atoms with Crippen LogP contribution < -0.4 is 0 Å². The first-order valence-corrected chi connectivity index (χ1v) is 4.67. The molecule has 76 valence electrons. The average Bonchev–Trinajstić information content (AvgIpc) is 2.49. The zero-order chi connectivity index (χ0) is 9.84. The molecule has 0 aliphatic carbocycles. The smallest absolute Gasteiger partial charge is 0.248 e. The lowest BCUT2D eigenvalue weighted by Crippen LogP contribution is -2.34. The summed E-state index contributed by atoms with van der Waals surface area (Å²) in [6.45, 7) is 2.57. The average molecular weight is 186 g/mol. The summed E-state index contributed by atoms with van der Waals surface area (Å²) in [5.41, 5.74) is 0. The molecular weight excluding hydrogens is 168 g/mol. The first-order chi connectivity index (χ1) is 6.13. The van der Waals surface area contributed by atoms with Gasteiger partial charge in [0.05, 0.1) is 0 Å². The maximum Gasteiger partial charge on any atom is 0.248 e. The number of likely N-dealkylation sites (tertiary alicyclic amines) is 1. The fourth-order valence-electron chi connectivity index (χ4n) is 1.79. The molecule has 1 aliphatic heterocycles. The van der Waals surface area contributed by atoms with Gasteiger partial charge in [-0.05, 0) is 25.9 Å². The Bertz CT molecular complexity index is 184. The van der Waals surface area contributed by atoms with Crippen molar-refractivity contribution in [2.45, 2.75) is 6.42 Å². The monoisotopic (exact) mass is 186 g/mol. The minimum Gasteiger partial charge on any atom is -0.387 e. The van der Waals surface area contributed by atoms with Crippen LogP contribution in [0.2, 0.25) is 0 Å². The van der Waals surface area contributed by atoms with E-state index in [1.165, 1.54) is 0 Å². The van der Waals surface area contributed by atoms with Crippen molar-refractivity contribution in [2.24, 2.45) is 5.92 Å². The fraction of sp³-hybridized carbons (Fsp3) is 0.889. The van der Waals surface area contributed by atoms with Crippen molar-refractivity contribution in [3.05, 3.63) is 0 Å². The van der Waals surface area contributed by atoms with E-state index in [-0.39, 0.29) is 12.5 Å². The summed E-state index contributed by atoms with van der Waals surface area (Å²) >= 11 is 0. The summed E-state index contributed by atoms with van der Waals surface area (Å²) in [6.07, 6.45) is 1.15. The SMILES string of the molecule is CN1CCC(CN(C)C(=O)CO)C1. The molecule has 1 rings (SSSR count). The number of hydrogen-bond acceptors (Lipinski definition) is 3. The molecule has 1 aliphatic rings. The molecule has 1 fully saturated rings. The number of aliphatic hydroxyl groups excluding tert-OH is 1. The van der Waals surface area contributed by atoms with Crippen LogP contribution in [0.4, 0.5) is 0 Å². The van der Waals surface area contributed by atoms with Crippen LogP contribution in [0, 0.1) is 5.92 Å². The Morgan fingerprint density at radius 2 is 2.38 bits per heavy atom. The molecule has 1 N–H and O–H groups in total. The lowest BCUT2D eigenvalue weighted by Gasteiger charge is -2.20. The third-order valence-corrected chi connectivity index (χ3v) is 2.58. The highest BCUT2D eigenvalue weighted by Crippen LogP contribution is 2.14. The molecule has 0 spiro atoms. The summed E-state index contributed by atoms with van der Waals surface area (Å²) in [4.78, 5) is 14.9. The molecule has 4 heteroatoms. The van der Waals surface area contributed by atoms with E-state index in [0.717, 1.165) is 26.1 Å². The molecule has 1 amide bonds. The van der Waals surface area contributed by atoms with Gasteiger partial charge in [0.2, 0.25) is 5.91 Å². The molecule has 0 saturated carbocycles. The van der Waals surface area contributed by atoms with Crippen LogP contribution in [0.1, 0.15) is 6.42 Å². The number of aliphatic hydroxyl groups is 1. The number of rotatable bonds is 3. The topological polar surface area (TPSA) is 43.8 Å². The van der Waals surface area contributed by atoms with Crippen LogP contribution in [0.3, 0.4) is 0 Å². The summed E-state index contributed by atoms with van der Waals surface area (Å²) in [7, 11) is 3.84. The summed E-state index contributed by atoms with van der Waals surface area (Å²) in [5, 5.41) is 8.63. The Morgan fingerprint density at radius 3 is 2.85 bits per heavy atom. The van der Waals surface area contributed by atoms with Gasteiger partial charge in [0.1, 0.15) is 6.61 Å². The third-order valence-electron chi connectivity index (χ3n) is 2.58. The molecule has 0 aromatic heterocycles. The van der Waals surface area contributed by atoms with E-state index in [1.807, 2.05) is 0 Å². The van der Waals surface area contributed by atoms with E-state index >= 15 is 0 Å². The Morgan fingerprint density at radius 1 is 1.69 bits per heavy atom. The Labute approximate surface area is 79.1 Å². The first kappa shape index (κ1) is 10.5. The standard InChI is InChI=1S/C9H18N2O2/c1-10-4-3-8(5-10)6-11(2)9(13)7-12/h8,12H,3-7H2,1-2H3. The van der Waals surface area contributed by atoms with E-state index in [4.69, 9.17) is 5.11 Å². The van der Waals surface area contributed by atoms with Crippen LogP contribution in [0.5, 0.6) is 0 Å². The predicted octanol–water partition coefficient (Wildman–Crippen LogP) is -0.611. The zero-order valence-corrected chi connectivity index (χ0v) is 8.36. The number of amides is 1. The van der Waals surface area contributed by atoms with Gasteiger partial charge in [-0.15, -0.1) is 0 Å². The molecule has 13 heavy (non-hydrogen) atoms. The van der Waals surface area contributed by atoms with Crippen molar-refractivity contribution in [1.29, 1.82) is 0 Å². The van der Waals surface area contributed by atoms with E-state index in [9.17, 15) is 4.79 Å². The van der Waals surface area contributed by atoms with Crippen molar-refractivity contribution < 1.29 is 9.90 Å². The number of carbonyl (C=O) groups excluding carboxylic acids is 1. The quantitative estimate of drug-likeness (QED) is 0.639. The third kappa shape index (κ3) is 2.97. The second-order valence-corrected chi connectivity index (χ2v) is 3.85. The Balaban J connectivity index is 2.28. The van der Waals surface area contributed by atoms with E-state index in [0.29, 0.717) is 5.92 Å². The highest BCUT2D eigenvalue weighted by molar-refractivity contribution is 5.76. The van der Waals surface area contributed by atoms with Gasteiger partial charge in [-0.2, -0.15) is 0 Å². The largest absolute Gasteiger partial charge is 0.387 e. The second-order valence-electron chi connectivity index (χ2n) is 3.85. The van der Waals surface area contributed by atoms with Crippen LogP contribution in [-0.2, 0) is 4.79 Å². The number of nitrogens with zero attached hydrogens (tertiary/aromatic N) is 2. The molecule has 4 nitrogen and oxygen atoms in total. The Kier molecular flexibility index (Phi) is 3.69. The van der Waals surface area contributed by atoms with Crippen molar-refractivity contribution >= 4 is 5.91 Å². The fourth-order valence-corrected chi connectivity index (χ4v) is 1.79. The maximum atomic E-state index is 11.0. The molecular formula is C9H18N2O2. The van der Waals surface area contributed by atoms with E-state index < -0.39 is 0 Å². The van der Waals surface area contributed by atoms with Gasteiger partial charge in [-0.1, -0.05) is 0 Å². The molecule has 0 radical (unpaired) electrons. The van der Waals surface area contributed by atoms with Crippen LogP contribution in [0.15, 0.2) is 0 Å². The number of carbonyl (C=O) groups is 1. The van der Waals surface area contributed by atoms with Gasteiger partial charge in [-0.3, -0.25) is 4.79 Å². The van der Waals surface area contributed by atoms with Gasteiger partial charge in [-0.25, -0.2) is 0 Å².